The molecule has 0 radical (unpaired) electrons. The number of alkyl halides is 2. The monoisotopic (exact) mass is 655 g/mol. The second-order valence-electron chi connectivity index (χ2n) is 13.1. The van der Waals surface area contributed by atoms with E-state index in [0.717, 1.165) is 33.4 Å². The zero-order chi connectivity index (χ0) is 32.8. The Morgan fingerprint density at radius 1 is 1.13 bits per heavy atom. The van der Waals surface area contributed by atoms with Crippen LogP contribution in [0.5, 0.6) is 5.75 Å². The van der Waals surface area contributed by atoms with E-state index in [0.29, 0.717) is 25.1 Å². The van der Waals surface area contributed by atoms with Gasteiger partial charge in [-0.2, -0.15) is 8.78 Å². The van der Waals surface area contributed by atoms with Crippen molar-refractivity contribution in [1.82, 2.24) is 4.90 Å². The Morgan fingerprint density at radius 2 is 1.89 bits per heavy atom. The van der Waals surface area contributed by atoms with Gasteiger partial charge in [-0.15, -0.1) is 11.3 Å². The predicted molar refractivity (Wildman–Crippen MR) is 172 cm³/mol. The molecule has 246 valence electrons. The number of amides is 3. The van der Waals surface area contributed by atoms with Crippen molar-refractivity contribution in [3.05, 3.63) is 53.4 Å². The highest BCUT2D eigenvalue weighted by Crippen LogP contribution is 2.46. The summed E-state index contributed by atoms with van der Waals surface area (Å²) in [7, 11) is 1.50. The van der Waals surface area contributed by atoms with Gasteiger partial charge in [0.15, 0.2) is 5.75 Å². The molecule has 2 fully saturated rings. The number of piperidine rings is 1. The Labute approximate surface area is 271 Å². The lowest BCUT2D eigenvalue weighted by Gasteiger charge is -2.40. The first kappa shape index (κ1) is 32.2. The van der Waals surface area contributed by atoms with Crippen molar-refractivity contribution in [2.24, 2.45) is 5.92 Å². The Morgan fingerprint density at radius 3 is 2.61 bits per heavy atom. The number of likely N-dealkylation sites (tertiary alicyclic amines) is 1. The van der Waals surface area contributed by atoms with Crippen LogP contribution >= 0.6 is 11.3 Å². The van der Waals surface area contributed by atoms with E-state index in [2.05, 4.69) is 17.5 Å². The van der Waals surface area contributed by atoms with Crippen LogP contribution in [0.25, 0.3) is 10.1 Å². The maximum absolute atomic E-state index is 14.8. The average molecular weight is 656 g/mol. The van der Waals surface area contributed by atoms with E-state index < -0.39 is 29.6 Å². The smallest absolute Gasteiger partial charge is 0.444 e. The summed E-state index contributed by atoms with van der Waals surface area (Å²) in [6.07, 6.45) is -1.99. The van der Waals surface area contributed by atoms with Crippen LogP contribution in [-0.4, -0.2) is 73.9 Å². The molecule has 2 aliphatic heterocycles. The van der Waals surface area contributed by atoms with Crippen LogP contribution in [-0.2, 0) is 19.1 Å². The number of halogens is 2. The second kappa shape index (κ2) is 12.4. The van der Waals surface area contributed by atoms with E-state index in [9.17, 15) is 23.2 Å². The molecule has 12 heteroatoms. The van der Waals surface area contributed by atoms with Gasteiger partial charge < -0.3 is 28.9 Å². The van der Waals surface area contributed by atoms with Gasteiger partial charge in [0.1, 0.15) is 5.60 Å². The molecule has 3 aliphatic rings. The number of hydrogen-bond donors (Lipinski definition) is 0. The number of hydrogen-bond acceptors (Lipinski definition) is 7. The molecule has 3 aromatic rings. The fraction of sp³-hybridized carbons (Fsp3) is 0.500. The number of carbonyl (C=O) groups is 3. The number of thiophene rings is 1. The molecular weight excluding hydrogens is 616 g/mol. The van der Waals surface area contributed by atoms with Crippen molar-refractivity contribution >= 4 is 50.7 Å². The highest BCUT2D eigenvalue weighted by Gasteiger charge is 2.51. The van der Waals surface area contributed by atoms with Crippen LogP contribution in [0, 0.1) is 5.92 Å². The molecule has 6 rings (SSSR count). The third-order valence-corrected chi connectivity index (χ3v) is 9.60. The summed E-state index contributed by atoms with van der Waals surface area (Å²) in [6.45, 7) is 6.34. The van der Waals surface area contributed by atoms with Crippen molar-refractivity contribution in [1.29, 1.82) is 0 Å². The highest BCUT2D eigenvalue weighted by molar-refractivity contribution is 7.17. The van der Waals surface area contributed by atoms with Gasteiger partial charge in [-0.25, -0.2) is 4.79 Å². The Kier molecular flexibility index (Phi) is 8.71. The summed E-state index contributed by atoms with van der Waals surface area (Å²) in [5.41, 5.74) is 1.07. The minimum Gasteiger partial charge on any atom is -0.444 e. The summed E-state index contributed by atoms with van der Waals surface area (Å²) in [4.78, 5) is 45.2. The van der Waals surface area contributed by atoms with Gasteiger partial charge in [-0.3, -0.25) is 9.59 Å². The Hall–Kier alpha value is -3.77. The summed E-state index contributed by atoms with van der Waals surface area (Å²) >= 11 is 1.63. The molecule has 0 spiro atoms. The third kappa shape index (κ3) is 6.42. The summed E-state index contributed by atoms with van der Waals surface area (Å²) in [5.74, 6) is -2.49. The number of benzene rings is 2. The lowest BCUT2D eigenvalue weighted by molar-refractivity contribution is -0.192. The van der Waals surface area contributed by atoms with Crippen LogP contribution in [0.3, 0.4) is 0 Å². The van der Waals surface area contributed by atoms with E-state index in [-0.39, 0.29) is 49.0 Å². The van der Waals surface area contributed by atoms with Gasteiger partial charge in [0.25, 0.3) is 0 Å². The van der Waals surface area contributed by atoms with E-state index in [1.54, 1.807) is 33.3 Å². The van der Waals surface area contributed by atoms with Gasteiger partial charge in [-0.05, 0) is 87.0 Å². The molecule has 9 nitrogen and oxygen atoms in total. The first-order valence-corrected chi connectivity index (χ1v) is 16.5. The number of carbonyl (C=O) groups excluding carboxylic acids is 3. The van der Waals surface area contributed by atoms with Crippen LogP contribution < -0.4 is 14.5 Å². The molecule has 2 aromatic carbocycles. The summed E-state index contributed by atoms with van der Waals surface area (Å²) in [6, 6.07) is 12.6. The largest absolute Gasteiger partial charge is 0.482 e. The number of methoxy groups -OCH3 is 1. The molecule has 3 heterocycles. The molecule has 0 unspecified atom stereocenters. The van der Waals surface area contributed by atoms with Crippen LogP contribution in [0.2, 0.25) is 0 Å². The molecule has 3 amide bonds. The normalized spacial score (nSPS) is 21.1. The molecule has 1 aromatic heterocycles. The predicted octanol–water partition coefficient (Wildman–Crippen LogP) is 6.79. The molecule has 1 aliphatic carbocycles. The van der Waals surface area contributed by atoms with E-state index >= 15 is 0 Å². The first-order valence-electron chi connectivity index (χ1n) is 15.7. The average Bonchev–Trinajstić information content (AvgIpc) is 3.75. The highest BCUT2D eigenvalue weighted by atomic mass is 32.1. The van der Waals surface area contributed by atoms with Crippen LogP contribution in [0.4, 0.5) is 25.0 Å². The zero-order valence-electron chi connectivity index (χ0n) is 26.5. The van der Waals surface area contributed by atoms with Crippen molar-refractivity contribution < 1.29 is 37.4 Å². The lowest BCUT2D eigenvalue weighted by atomic mass is 9.79. The van der Waals surface area contributed by atoms with Gasteiger partial charge in [0, 0.05) is 55.7 Å². The first-order chi connectivity index (χ1) is 21.9. The molecule has 0 bridgehead atoms. The van der Waals surface area contributed by atoms with Crippen LogP contribution in [0.15, 0.2) is 47.8 Å². The Balaban J connectivity index is 1.37. The quantitative estimate of drug-likeness (QED) is 0.248. The SMILES string of the molecule is COCCCN1C(=O)C(F)(F)Oc2ccc(N(C(=O)[C@H]3CN(C(=O)OC(C)(C)C)CC[C@@H]3c3csc4ccccc34)C3CC3)cc21. The number of anilines is 2. The fourth-order valence-corrected chi connectivity index (χ4v) is 7.40. The van der Waals surface area contributed by atoms with Crippen molar-refractivity contribution in [3.63, 3.8) is 0 Å². The van der Waals surface area contributed by atoms with Crippen LogP contribution in [0.1, 0.15) is 57.9 Å². The number of ether oxygens (including phenoxy) is 3. The van der Waals surface area contributed by atoms with E-state index in [1.165, 1.54) is 13.2 Å². The summed E-state index contributed by atoms with van der Waals surface area (Å²) < 4.78 is 45.8. The van der Waals surface area contributed by atoms with Gasteiger partial charge >= 0.3 is 18.1 Å². The molecule has 1 saturated carbocycles. The fourth-order valence-electron chi connectivity index (χ4n) is 6.37. The van der Waals surface area contributed by atoms with Gasteiger partial charge in [0.2, 0.25) is 5.91 Å². The van der Waals surface area contributed by atoms with Crippen molar-refractivity contribution in [2.45, 2.75) is 70.1 Å². The Bertz CT molecular complexity index is 1630. The maximum Gasteiger partial charge on any atom is 0.482 e. The second-order valence-corrected chi connectivity index (χ2v) is 14.0. The van der Waals surface area contributed by atoms with Crippen molar-refractivity contribution in [2.75, 3.05) is 43.2 Å². The minimum absolute atomic E-state index is 0.000228. The molecule has 1 saturated heterocycles. The number of fused-ring (bicyclic) bond motifs is 2. The lowest BCUT2D eigenvalue weighted by Crippen LogP contribution is -2.52. The maximum atomic E-state index is 14.8. The van der Waals surface area contributed by atoms with Gasteiger partial charge in [0.05, 0.1) is 11.6 Å². The van der Waals surface area contributed by atoms with Crippen molar-refractivity contribution in [3.8, 4) is 5.75 Å². The summed E-state index contributed by atoms with van der Waals surface area (Å²) in [5, 5.41) is 3.20. The standard InChI is InChI=1S/C34H39F2N3O6S/c1-33(2,3)45-32(42)37-16-14-23(26-20-46-29-9-6-5-8-24(26)29)25(19-37)30(40)39(21-10-11-21)22-12-13-28-27(18-22)38(15-7-17-43-4)31(41)34(35,36)44-28/h5-6,8-9,12-13,18,20-21,23,25H,7,10-11,14-17,19H2,1-4H3/t23-,25-/m0/s1. The van der Waals surface area contributed by atoms with E-state index in [4.69, 9.17) is 14.2 Å². The topological polar surface area (TPSA) is 88.6 Å². The van der Waals surface area contributed by atoms with Gasteiger partial charge in [-0.1, -0.05) is 18.2 Å². The van der Waals surface area contributed by atoms with E-state index in [1.807, 2.05) is 32.9 Å². The molecule has 0 N–H and O–H groups in total. The minimum atomic E-state index is -4.00. The number of nitrogens with zero attached hydrogens (tertiary/aromatic N) is 3. The zero-order valence-corrected chi connectivity index (χ0v) is 27.3. The third-order valence-electron chi connectivity index (χ3n) is 8.62. The molecule has 2 atom stereocenters. The number of rotatable bonds is 8. The molecular formula is C34H39F2N3O6S. The molecule has 46 heavy (non-hydrogen) atoms.